The van der Waals surface area contributed by atoms with Gasteiger partial charge in [0.25, 0.3) is 0 Å². The number of esters is 1. The monoisotopic (exact) mass is 529 g/mol. The number of carbonyl (C=O) groups is 2. The Labute approximate surface area is 216 Å². The third-order valence-corrected chi connectivity index (χ3v) is 6.62. The Morgan fingerprint density at radius 3 is 2.22 bits per heavy atom. The van der Waals surface area contributed by atoms with Crippen molar-refractivity contribution in [2.75, 3.05) is 6.54 Å². The molecule has 0 radical (unpaired) electrons. The summed E-state index contributed by atoms with van der Waals surface area (Å²) in [5.41, 5.74) is 1.20. The van der Waals surface area contributed by atoms with Crippen LogP contribution in [0.4, 0.5) is 0 Å². The predicted molar refractivity (Wildman–Crippen MR) is 139 cm³/mol. The summed E-state index contributed by atoms with van der Waals surface area (Å²) in [6.07, 6.45) is 0. The van der Waals surface area contributed by atoms with Crippen LogP contribution in [0.5, 0.6) is 17.2 Å². The molecule has 0 aromatic heterocycles. The molecule has 1 atom stereocenters. The van der Waals surface area contributed by atoms with Gasteiger partial charge in [0.15, 0.2) is 11.5 Å². The van der Waals surface area contributed by atoms with Crippen LogP contribution in [0.25, 0.3) is 0 Å². The quantitative estimate of drug-likeness (QED) is 0.179. The highest BCUT2D eigenvalue weighted by atomic mass is 32.2. The smallest absolute Gasteiger partial charge is 0.343 e. The maximum Gasteiger partial charge on any atom is 0.343 e. The van der Waals surface area contributed by atoms with Gasteiger partial charge in [0.2, 0.25) is 0 Å². The van der Waals surface area contributed by atoms with Gasteiger partial charge >= 0.3 is 22.6 Å². The van der Waals surface area contributed by atoms with Gasteiger partial charge in [0.05, 0.1) is 5.56 Å². The van der Waals surface area contributed by atoms with Crippen molar-refractivity contribution in [2.24, 2.45) is 0 Å². The molecule has 0 aliphatic rings. The van der Waals surface area contributed by atoms with Crippen molar-refractivity contribution in [3.63, 3.8) is 0 Å². The van der Waals surface area contributed by atoms with E-state index in [1.165, 1.54) is 18.2 Å². The van der Waals surface area contributed by atoms with Crippen molar-refractivity contribution in [1.82, 2.24) is 5.32 Å². The van der Waals surface area contributed by atoms with E-state index in [1.807, 2.05) is 39.8 Å². The first kappa shape index (κ1) is 29.5. The van der Waals surface area contributed by atoms with E-state index in [9.17, 15) is 18.0 Å². The fourth-order valence-corrected chi connectivity index (χ4v) is 4.27. The molecule has 0 bridgehead atoms. The van der Waals surface area contributed by atoms with Gasteiger partial charge in [-0.25, -0.2) is 4.79 Å². The van der Waals surface area contributed by atoms with E-state index in [2.05, 4.69) is 9.50 Å². The van der Waals surface area contributed by atoms with E-state index in [0.29, 0.717) is 11.3 Å². The molecule has 0 amide bonds. The second-order valence-electron chi connectivity index (χ2n) is 9.18. The van der Waals surface area contributed by atoms with Crippen LogP contribution in [0.3, 0.4) is 0 Å². The van der Waals surface area contributed by atoms with Gasteiger partial charge in [-0.3, -0.25) is 4.79 Å². The first-order valence-electron chi connectivity index (χ1n) is 11.2. The van der Waals surface area contributed by atoms with Crippen LogP contribution in [0, 0.1) is 6.92 Å². The topological polar surface area (TPSA) is 140 Å². The van der Waals surface area contributed by atoms with Crippen molar-refractivity contribution in [2.45, 2.75) is 38.5 Å². The zero-order valence-corrected chi connectivity index (χ0v) is 21.9. The number of rotatable bonds is 10. The van der Waals surface area contributed by atoms with Crippen LogP contribution in [-0.2, 0) is 19.1 Å². The van der Waals surface area contributed by atoms with Crippen LogP contribution < -0.4 is 14.8 Å². The van der Waals surface area contributed by atoms with Gasteiger partial charge in [-0.05, 0) is 69.7 Å². The minimum Gasteiger partial charge on any atom is -0.453 e. The molecule has 0 saturated carbocycles. The van der Waals surface area contributed by atoms with Gasteiger partial charge < -0.3 is 24.4 Å². The molecule has 37 heavy (non-hydrogen) atoms. The van der Waals surface area contributed by atoms with Crippen molar-refractivity contribution >= 4 is 22.6 Å². The molecule has 3 aromatic carbocycles. The summed E-state index contributed by atoms with van der Waals surface area (Å²) < 4.78 is 41.6. The lowest BCUT2D eigenvalue weighted by atomic mass is 10.1. The maximum atomic E-state index is 12.8. The first-order chi connectivity index (χ1) is 17.0. The summed E-state index contributed by atoms with van der Waals surface area (Å²) in [6, 6.07) is 20.1. The Morgan fingerprint density at radius 1 is 0.973 bits per heavy atom. The van der Waals surface area contributed by atoms with Crippen LogP contribution in [-0.4, -0.2) is 38.4 Å². The molecule has 0 spiro atoms. The van der Waals surface area contributed by atoms with Gasteiger partial charge in [-0.15, -0.1) is 0 Å². The highest BCUT2D eigenvalue weighted by Gasteiger charge is 2.31. The largest absolute Gasteiger partial charge is 0.453 e. The average Bonchev–Trinajstić information content (AvgIpc) is 2.81. The molecule has 0 aliphatic carbocycles. The summed E-state index contributed by atoms with van der Waals surface area (Å²) in [4.78, 5) is 23.7. The van der Waals surface area contributed by atoms with E-state index < -0.39 is 26.9 Å². The van der Waals surface area contributed by atoms with Crippen molar-refractivity contribution < 1.29 is 37.1 Å². The van der Waals surface area contributed by atoms with Gasteiger partial charge in [-0.2, -0.15) is 8.42 Å². The molecule has 9 nitrogen and oxygen atoms in total. The Balaban J connectivity index is 0.00000481. The number of benzene rings is 3. The lowest BCUT2D eigenvalue weighted by molar-refractivity contribution is -0.120. The van der Waals surface area contributed by atoms with E-state index in [0.717, 1.165) is 5.56 Å². The van der Waals surface area contributed by atoms with Gasteiger partial charge in [0.1, 0.15) is 11.0 Å². The zero-order chi connectivity index (χ0) is 26.3. The molecule has 3 rings (SSSR count). The Morgan fingerprint density at radius 2 is 1.62 bits per heavy atom. The van der Waals surface area contributed by atoms with E-state index in [1.54, 1.807) is 42.5 Å². The first-order valence-corrected chi connectivity index (χ1v) is 12.7. The van der Waals surface area contributed by atoms with Crippen LogP contribution in [0.1, 0.15) is 47.5 Å². The summed E-state index contributed by atoms with van der Waals surface area (Å²) in [5.74, 6) is 0.0956. The van der Waals surface area contributed by atoms with Crippen molar-refractivity contribution in [3.8, 4) is 17.2 Å². The third-order valence-electron chi connectivity index (χ3n) is 5.14. The zero-order valence-electron chi connectivity index (χ0n) is 21.1. The van der Waals surface area contributed by atoms with E-state index >= 15 is 0 Å². The molecule has 0 fully saturated rings. The van der Waals surface area contributed by atoms with Crippen LogP contribution >= 0.6 is 0 Å². The Kier molecular flexibility index (Phi) is 9.96. The van der Waals surface area contributed by atoms with E-state index in [4.69, 9.17) is 9.47 Å². The fourth-order valence-electron chi connectivity index (χ4n) is 3.26. The average molecular weight is 530 g/mol. The van der Waals surface area contributed by atoms with Crippen molar-refractivity contribution in [1.29, 1.82) is 0 Å². The summed E-state index contributed by atoms with van der Waals surface area (Å²) >= 11 is 0. The number of ether oxygens (including phenoxy) is 2. The lowest BCUT2D eigenvalue weighted by Crippen LogP contribution is -2.40. The van der Waals surface area contributed by atoms with Gasteiger partial charge in [-0.1, -0.05) is 42.0 Å². The molecule has 198 valence electrons. The minimum absolute atomic E-state index is 0. The second-order valence-corrected chi connectivity index (χ2v) is 10.9. The molecular formula is C27H31NO8S. The molecule has 10 heteroatoms. The number of nitrogens with one attached hydrogen (secondary N) is 1. The van der Waals surface area contributed by atoms with Gasteiger partial charge in [0, 0.05) is 12.1 Å². The Hall–Kier alpha value is -3.73. The summed E-state index contributed by atoms with van der Waals surface area (Å²) in [5, 5.41) is 1.86. The SMILES string of the molecule is Cc1ccc(Oc2ccc(C(CNC(C)(C)C)S(=O)(=O)OC=O)cc2OC(=O)c2ccccc2)cc1.O. The predicted octanol–water partition coefficient (Wildman–Crippen LogP) is 4.11. The summed E-state index contributed by atoms with van der Waals surface area (Å²) in [7, 11) is -4.33. The number of hydrogen-bond donors (Lipinski definition) is 1. The molecule has 0 aliphatic heterocycles. The molecule has 0 heterocycles. The third kappa shape index (κ3) is 8.42. The van der Waals surface area contributed by atoms with Crippen LogP contribution in [0.2, 0.25) is 0 Å². The van der Waals surface area contributed by atoms with Crippen molar-refractivity contribution in [3.05, 3.63) is 89.5 Å². The number of aryl methyl sites for hydroxylation is 1. The highest BCUT2D eigenvalue weighted by molar-refractivity contribution is 7.87. The number of carbonyl (C=O) groups excluding carboxylic acids is 2. The summed E-state index contributed by atoms with van der Waals surface area (Å²) in [6.45, 7) is 7.41. The molecule has 0 saturated heterocycles. The second kappa shape index (κ2) is 12.5. The minimum atomic E-state index is -4.33. The molecule has 1 unspecified atom stereocenters. The van der Waals surface area contributed by atoms with Crippen LogP contribution in [0.15, 0.2) is 72.8 Å². The standard InChI is InChI=1S/C27H29NO7S.H2O/c1-19-10-13-22(14-11-19)34-23-15-12-21(16-24(23)35-26(30)20-8-6-5-7-9-20)25(17-28-27(2,3)4)36(31,32)33-18-29;/h5-16,18,25,28H,17H2,1-4H3;1H2. The van der Waals surface area contributed by atoms with E-state index in [-0.39, 0.29) is 35.6 Å². The molecule has 3 N–H and O–H groups in total. The lowest BCUT2D eigenvalue weighted by Gasteiger charge is -2.25. The Bertz CT molecular complexity index is 1300. The molecular weight excluding hydrogens is 498 g/mol. The highest BCUT2D eigenvalue weighted by Crippen LogP contribution is 2.36. The normalized spacial score (nSPS) is 12.1. The molecule has 3 aromatic rings. The number of hydrogen-bond acceptors (Lipinski definition) is 8. The fraction of sp³-hybridized carbons (Fsp3) is 0.259. The maximum absolute atomic E-state index is 12.8.